The highest BCUT2D eigenvalue weighted by molar-refractivity contribution is 8.69. The SMILES string of the molecule is C=CCN(C=S)P(=S)(OCC)SC(C)CC. The van der Waals surface area contributed by atoms with Crippen molar-refractivity contribution in [1.82, 2.24) is 4.67 Å². The highest BCUT2D eigenvalue weighted by atomic mass is 32.9. The summed E-state index contributed by atoms with van der Waals surface area (Å²) in [5, 5.41) is 0.486. The van der Waals surface area contributed by atoms with Gasteiger partial charge in [0.15, 0.2) is 0 Å². The number of hydrogen-bond donors (Lipinski definition) is 0. The largest absolute Gasteiger partial charge is 0.327 e. The van der Waals surface area contributed by atoms with Crippen LogP contribution >= 0.6 is 29.2 Å². The van der Waals surface area contributed by atoms with Crippen LogP contribution in [0.15, 0.2) is 12.7 Å². The first-order chi connectivity index (χ1) is 7.53. The van der Waals surface area contributed by atoms with Crippen LogP contribution in [0.25, 0.3) is 0 Å². The Morgan fingerprint density at radius 2 is 2.19 bits per heavy atom. The topological polar surface area (TPSA) is 12.5 Å². The molecule has 94 valence electrons. The molecule has 0 rings (SSSR count). The summed E-state index contributed by atoms with van der Waals surface area (Å²) in [6.07, 6.45) is 2.88. The van der Waals surface area contributed by atoms with Crippen molar-refractivity contribution >= 4 is 46.5 Å². The van der Waals surface area contributed by atoms with E-state index < -0.39 is 5.62 Å². The smallest absolute Gasteiger partial charge is 0.213 e. The molecule has 0 aliphatic carbocycles. The molecular weight excluding hydrogens is 277 g/mol. The molecule has 0 aromatic rings. The van der Waals surface area contributed by atoms with Crippen molar-refractivity contribution in [1.29, 1.82) is 0 Å². The van der Waals surface area contributed by atoms with Crippen LogP contribution in [-0.4, -0.2) is 28.6 Å². The lowest BCUT2D eigenvalue weighted by Crippen LogP contribution is -2.18. The zero-order valence-corrected chi connectivity index (χ0v) is 13.4. The number of thiocarbonyl (C=S) groups is 1. The van der Waals surface area contributed by atoms with Gasteiger partial charge in [-0.25, -0.2) is 0 Å². The zero-order valence-electron chi connectivity index (χ0n) is 10.1. The summed E-state index contributed by atoms with van der Waals surface area (Å²) in [5.74, 6) is 0. The third-order valence-electron chi connectivity index (χ3n) is 1.93. The Morgan fingerprint density at radius 1 is 1.56 bits per heavy atom. The maximum Gasteiger partial charge on any atom is 0.213 e. The van der Waals surface area contributed by atoms with Crippen molar-refractivity contribution in [2.45, 2.75) is 32.4 Å². The van der Waals surface area contributed by atoms with E-state index in [0.29, 0.717) is 18.4 Å². The minimum atomic E-state index is -2.07. The summed E-state index contributed by atoms with van der Waals surface area (Å²) in [6, 6.07) is 0. The Balaban J connectivity index is 4.82. The van der Waals surface area contributed by atoms with Crippen LogP contribution in [0.4, 0.5) is 0 Å². The van der Waals surface area contributed by atoms with E-state index in [-0.39, 0.29) is 0 Å². The van der Waals surface area contributed by atoms with Crippen LogP contribution in [0, 0.1) is 0 Å². The van der Waals surface area contributed by atoms with Crippen molar-refractivity contribution in [3.8, 4) is 0 Å². The summed E-state index contributed by atoms with van der Waals surface area (Å²) in [6.45, 7) is 11.3. The van der Waals surface area contributed by atoms with Gasteiger partial charge in [-0.05, 0) is 25.2 Å². The predicted molar refractivity (Wildman–Crippen MR) is 83.8 cm³/mol. The van der Waals surface area contributed by atoms with Crippen LogP contribution in [0.2, 0.25) is 0 Å². The molecule has 0 fully saturated rings. The van der Waals surface area contributed by atoms with Gasteiger partial charge in [0.2, 0.25) is 5.62 Å². The summed E-state index contributed by atoms with van der Waals surface area (Å²) in [5.41, 5.74) is -0.462. The van der Waals surface area contributed by atoms with Gasteiger partial charge in [-0.15, -0.1) is 6.58 Å². The molecule has 0 aromatic carbocycles. The van der Waals surface area contributed by atoms with Crippen molar-refractivity contribution in [2.24, 2.45) is 0 Å². The molecule has 0 N–H and O–H groups in total. The van der Waals surface area contributed by atoms with E-state index in [2.05, 4.69) is 20.4 Å². The molecule has 0 heterocycles. The molecule has 0 spiro atoms. The van der Waals surface area contributed by atoms with Gasteiger partial charge in [0.05, 0.1) is 12.1 Å². The second-order valence-electron chi connectivity index (χ2n) is 3.23. The molecule has 0 radical (unpaired) electrons. The van der Waals surface area contributed by atoms with Crippen LogP contribution in [0.3, 0.4) is 0 Å². The average molecular weight is 297 g/mol. The molecule has 0 saturated carbocycles. The molecule has 2 unspecified atom stereocenters. The fourth-order valence-electron chi connectivity index (χ4n) is 0.963. The molecule has 6 heteroatoms. The maximum atomic E-state index is 5.78. The third kappa shape index (κ3) is 5.28. The predicted octanol–water partition coefficient (Wildman–Crippen LogP) is 4.22. The fraction of sp³-hybridized carbons (Fsp3) is 0.700. The van der Waals surface area contributed by atoms with Crippen LogP contribution < -0.4 is 0 Å². The van der Waals surface area contributed by atoms with Gasteiger partial charge in [-0.3, -0.25) is 0 Å². The van der Waals surface area contributed by atoms with E-state index >= 15 is 0 Å². The van der Waals surface area contributed by atoms with Gasteiger partial charge < -0.3 is 9.19 Å². The number of nitrogens with zero attached hydrogens (tertiary/aromatic N) is 1. The van der Waals surface area contributed by atoms with Gasteiger partial charge in [-0.1, -0.05) is 43.5 Å². The first-order valence-electron chi connectivity index (χ1n) is 5.30. The van der Waals surface area contributed by atoms with Crippen molar-refractivity contribution in [3.63, 3.8) is 0 Å². The normalized spacial score (nSPS) is 16.2. The van der Waals surface area contributed by atoms with Crippen molar-refractivity contribution < 1.29 is 4.52 Å². The van der Waals surface area contributed by atoms with Gasteiger partial charge in [-0.2, -0.15) is 0 Å². The lowest BCUT2D eigenvalue weighted by molar-refractivity contribution is 0.366. The first-order valence-corrected chi connectivity index (χ1v) is 9.93. The van der Waals surface area contributed by atoms with Crippen molar-refractivity contribution in [3.05, 3.63) is 12.7 Å². The van der Waals surface area contributed by atoms with Gasteiger partial charge >= 0.3 is 0 Å². The molecule has 2 atom stereocenters. The Hall–Kier alpha value is 0.590. The maximum absolute atomic E-state index is 5.78. The Bertz CT molecular complexity index is 273. The molecule has 0 bridgehead atoms. The van der Waals surface area contributed by atoms with Gasteiger partial charge in [0.1, 0.15) is 0 Å². The first kappa shape index (κ1) is 16.6. The molecule has 2 nitrogen and oxygen atoms in total. The Labute approximate surface area is 114 Å². The van der Waals surface area contributed by atoms with Crippen LogP contribution in [0.1, 0.15) is 27.2 Å². The monoisotopic (exact) mass is 297 g/mol. The quantitative estimate of drug-likeness (QED) is 0.358. The zero-order chi connectivity index (χ0) is 12.6. The molecule has 0 saturated heterocycles. The Kier molecular flexibility index (Phi) is 8.97. The Morgan fingerprint density at radius 3 is 2.56 bits per heavy atom. The highest BCUT2D eigenvalue weighted by Crippen LogP contribution is 2.64. The summed E-state index contributed by atoms with van der Waals surface area (Å²) in [4.78, 5) is 0. The molecule has 0 aliphatic rings. The van der Waals surface area contributed by atoms with E-state index in [4.69, 9.17) is 28.5 Å². The summed E-state index contributed by atoms with van der Waals surface area (Å²) >= 11 is 12.4. The van der Waals surface area contributed by atoms with Crippen LogP contribution in [-0.2, 0) is 16.3 Å². The highest BCUT2D eigenvalue weighted by Gasteiger charge is 2.26. The second kappa shape index (κ2) is 8.65. The molecule has 0 aromatic heterocycles. The lowest BCUT2D eigenvalue weighted by Gasteiger charge is -2.32. The molecule has 16 heavy (non-hydrogen) atoms. The van der Waals surface area contributed by atoms with E-state index in [1.54, 1.807) is 22.9 Å². The standard InChI is InChI=1S/C10H20NOPS3/c1-5-8-11(9-14)13(15,12-7-3)16-10(4)6-2/h5,9-10H,1,6-8H2,2-4H3. The van der Waals surface area contributed by atoms with Crippen LogP contribution in [0.5, 0.6) is 0 Å². The van der Waals surface area contributed by atoms with E-state index in [0.717, 1.165) is 6.42 Å². The minimum absolute atomic E-state index is 0.486. The summed E-state index contributed by atoms with van der Waals surface area (Å²) < 4.78 is 7.71. The van der Waals surface area contributed by atoms with Crippen molar-refractivity contribution in [2.75, 3.05) is 13.2 Å². The number of hydrogen-bond acceptors (Lipinski definition) is 4. The molecule has 0 amide bonds. The van der Waals surface area contributed by atoms with Gasteiger partial charge in [0, 0.05) is 11.8 Å². The average Bonchev–Trinajstić information content (AvgIpc) is 2.25. The molecular formula is C10H20NOPS3. The number of rotatable bonds is 9. The van der Waals surface area contributed by atoms with E-state index in [1.165, 1.54) is 0 Å². The molecule has 0 aliphatic heterocycles. The second-order valence-corrected chi connectivity index (χ2v) is 10.5. The third-order valence-corrected chi connectivity index (χ3v) is 9.34. The minimum Gasteiger partial charge on any atom is -0.327 e. The van der Waals surface area contributed by atoms with Gasteiger partial charge in [0.25, 0.3) is 0 Å². The summed E-state index contributed by atoms with van der Waals surface area (Å²) in [7, 11) is 0. The lowest BCUT2D eigenvalue weighted by atomic mass is 10.4. The fourth-order valence-corrected chi connectivity index (χ4v) is 8.49. The van der Waals surface area contributed by atoms with E-state index in [1.807, 2.05) is 11.6 Å². The van der Waals surface area contributed by atoms with E-state index in [9.17, 15) is 0 Å².